The van der Waals surface area contributed by atoms with Gasteiger partial charge >= 0.3 is 0 Å². The van der Waals surface area contributed by atoms with Gasteiger partial charge in [-0.1, -0.05) is 24.6 Å². The number of rotatable bonds is 5. The van der Waals surface area contributed by atoms with Gasteiger partial charge in [0.05, 0.1) is 5.75 Å². The Hall–Kier alpha value is -2.15. The number of carbonyl (C=O) groups is 1. The van der Waals surface area contributed by atoms with Gasteiger partial charge in [0.1, 0.15) is 13.2 Å². The van der Waals surface area contributed by atoms with Gasteiger partial charge in [-0.2, -0.15) is 0 Å². The number of imidazole rings is 1. The van der Waals surface area contributed by atoms with Gasteiger partial charge in [-0.15, -0.1) is 0 Å². The Kier molecular flexibility index (Phi) is 4.83. The van der Waals surface area contributed by atoms with Crippen molar-refractivity contribution in [2.45, 2.75) is 36.9 Å². The van der Waals surface area contributed by atoms with Gasteiger partial charge in [-0.05, 0) is 25.0 Å². The van der Waals surface area contributed by atoms with Crippen LogP contribution in [0.15, 0.2) is 35.7 Å². The molecular formula is C18H21N3O3S. The van der Waals surface area contributed by atoms with Crippen LogP contribution < -0.4 is 14.8 Å². The van der Waals surface area contributed by atoms with E-state index in [2.05, 4.69) is 14.9 Å². The van der Waals surface area contributed by atoms with Crippen molar-refractivity contribution in [2.24, 2.45) is 0 Å². The number of carbonyl (C=O) groups excluding carboxylic acids is 1. The smallest absolute Gasteiger partial charge is 0.234 e. The average molecular weight is 359 g/mol. The second-order valence-corrected chi connectivity index (χ2v) is 7.19. The monoisotopic (exact) mass is 359 g/mol. The van der Waals surface area contributed by atoms with E-state index in [4.69, 9.17) is 9.47 Å². The van der Waals surface area contributed by atoms with Crippen LogP contribution in [0.5, 0.6) is 11.5 Å². The molecule has 25 heavy (non-hydrogen) atoms. The summed E-state index contributed by atoms with van der Waals surface area (Å²) >= 11 is 1.48. The number of nitrogens with one attached hydrogen (secondary N) is 1. The maximum absolute atomic E-state index is 12.3. The Labute approximate surface area is 150 Å². The molecule has 1 aliphatic heterocycles. The predicted octanol–water partition coefficient (Wildman–Crippen LogP) is 3.50. The van der Waals surface area contributed by atoms with Crippen LogP contribution in [-0.2, 0) is 4.79 Å². The third-order valence-corrected chi connectivity index (χ3v) is 5.49. The summed E-state index contributed by atoms with van der Waals surface area (Å²) < 4.78 is 13.2. The first kappa shape index (κ1) is 16.3. The first-order valence-corrected chi connectivity index (χ1v) is 9.63. The molecule has 0 bridgehead atoms. The molecule has 1 N–H and O–H groups in total. The molecule has 0 atom stereocenters. The van der Waals surface area contributed by atoms with Gasteiger partial charge in [0.2, 0.25) is 5.91 Å². The average Bonchev–Trinajstić information content (AvgIpc) is 3.31. The fraction of sp³-hybridized carbons (Fsp3) is 0.444. The van der Waals surface area contributed by atoms with E-state index in [0.717, 1.165) is 10.9 Å². The third-order valence-electron chi connectivity index (χ3n) is 4.51. The van der Waals surface area contributed by atoms with E-state index in [9.17, 15) is 4.79 Å². The SMILES string of the molecule is O=C(CSc1nccn1C1CCCC1)Nc1ccc2c(c1)OCCO2. The van der Waals surface area contributed by atoms with Gasteiger partial charge < -0.3 is 19.4 Å². The van der Waals surface area contributed by atoms with E-state index in [1.807, 2.05) is 24.5 Å². The van der Waals surface area contributed by atoms with Gasteiger partial charge in [0.25, 0.3) is 0 Å². The number of amides is 1. The standard InChI is InChI=1S/C18H21N3O3S/c22-17(20-13-5-6-15-16(11-13)24-10-9-23-15)12-25-18-19-7-8-21(18)14-3-1-2-4-14/h5-8,11,14H,1-4,9-10,12H2,(H,20,22). The summed E-state index contributed by atoms with van der Waals surface area (Å²) in [6.45, 7) is 1.09. The van der Waals surface area contributed by atoms with Crippen molar-refractivity contribution in [1.29, 1.82) is 0 Å². The molecule has 0 unspecified atom stereocenters. The molecule has 1 aliphatic carbocycles. The van der Waals surface area contributed by atoms with Crippen molar-refractivity contribution < 1.29 is 14.3 Å². The van der Waals surface area contributed by atoms with Crippen LogP contribution >= 0.6 is 11.8 Å². The normalized spacial score (nSPS) is 16.8. The van der Waals surface area contributed by atoms with Crippen molar-refractivity contribution in [3.63, 3.8) is 0 Å². The van der Waals surface area contributed by atoms with E-state index in [0.29, 0.717) is 36.4 Å². The maximum atomic E-state index is 12.3. The molecule has 0 radical (unpaired) electrons. The molecule has 2 aromatic rings. The Bertz CT molecular complexity index is 756. The van der Waals surface area contributed by atoms with Gasteiger partial charge in [0, 0.05) is 30.2 Å². The van der Waals surface area contributed by atoms with Crippen LogP contribution in [0.2, 0.25) is 0 Å². The summed E-state index contributed by atoms with van der Waals surface area (Å²) in [6.07, 6.45) is 8.80. The molecule has 0 spiro atoms. The topological polar surface area (TPSA) is 65.4 Å². The van der Waals surface area contributed by atoms with E-state index < -0.39 is 0 Å². The number of thioether (sulfide) groups is 1. The minimum atomic E-state index is -0.0531. The first-order valence-electron chi connectivity index (χ1n) is 8.65. The van der Waals surface area contributed by atoms with Crippen LogP contribution in [-0.4, -0.2) is 34.4 Å². The van der Waals surface area contributed by atoms with Crippen molar-refractivity contribution in [2.75, 3.05) is 24.3 Å². The number of ether oxygens (including phenoxy) is 2. The van der Waals surface area contributed by atoms with Crippen LogP contribution in [0.4, 0.5) is 5.69 Å². The Morgan fingerprint density at radius 1 is 1.24 bits per heavy atom. The summed E-state index contributed by atoms with van der Waals surface area (Å²) in [5, 5.41) is 3.83. The lowest BCUT2D eigenvalue weighted by Crippen LogP contribution is -2.17. The highest BCUT2D eigenvalue weighted by Gasteiger charge is 2.20. The molecule has 132 valence electrons. The molecule has 7 heteroatoms. The molecule has 6 nitrogen and oxygen atoms in total. The Morgan fingerprint density at radius 2 is 2.04 bits per heavy atom. The number of fused-ring (bicyclic) bond motifs is 1. The van der Waals surface area contributed by atoms with Crippen LogP contribution in [0.25, 0.3) is 0 Å². The molecule has 1 amide bonds. The highest BCUT2D eigenvalue weighted by atomic mass is 32.2. The lowest BCUT2D eigenvalue weighted by molar-refractivity contribution is -0.113. The molecule has 1 aromatic heterocycles. The summed E-state index contributed by atoms with van der Waals surface area (Å²) in [5.41, 5.74) is 0.717. The molecule has 1 fully saturated rings. The molecule has 4 rings (SSSR count). The lowest BCUT2D eigenvalue weighted by Gasteiger charge is -2.19. The number of nitrogens with zero attached hydrogens (tertiary/aromatic N) is 2. The van der Waals surface area contributed by atoms with Crippen LogP contribution in [0, 0.1) is 0 Å². The van der Waals surface area contributed by atoms with Gasteiger partial charge in [-0.25, -0.2) is 4.98 Å². The van der Waals surface area contributed by atoms with E-state index in [-0.39, 0.29) is 5.91 Å². The number of anilines is 1. The van der Waals surface area contributed by atoms with Crippen LogP contribution in [0.1, 0.15) is 31.7 Å². The van der Waals surface area contributed by atoms with Gasteiger partial charge in [-0.3, -0.25) is 4.79 Å². The quantitative estimate of drug-likeness (QED) is 0.828. The summed E-state index contributed by atoms with van der Waals surface area (Å²) in [6, 6.07) is 5.99. The minimum absolute atomic E-state index is 0.0531. The van der Waals surface area contributed by atoms with Gasteiger partial charge in [0.15, 0.2) is 16.7 Å². The number of benzene rings is 1. The fourth-order valence-electron chi connectivity index (χ4n) is 3.32. The number of hydrogen-bond donors (Lipinski definition) is 1. The summed E-state index contributed by atoms with van der Waals surface area (Å²) in [5.74, 6) is 1.67. The molecule has 0 saturated heterocycles. The lowest BCUT2D eigenvalue weighted by atomic mass is 10.2. The summed E-state index contributed by atoms with van der Waals surface area (Å²) in [7, 11) is 0. The van der Waals surface area contributed by atoms with Crippen molar-refractivity contribution in [1.82, 2.24) is 9.55 Å². The summed E-state index contributed by atoms with van der Waals surface area (Å²) in [4.78, 5) is 16.7. The Morgan fingerprint density at radius 3 is 2.88 bits per heavy atom. The second kappa shape index (κ2) is 7.39. The highest BCUT2D eigenvalue weighted by Crippen LogP contribution is 2.34. The second-order valence-electron chi connectivity index (χ2n) is 6.25. The highest BCUT2D eigenvalue weighted by molar-refractivity contribution is 7.99. The molecular weight excluding hydrogens is 338 g/mol. The zero-order valence-corrected chi connectivity index (χ0v) is 14.8. The minimum Gasteiger partial charge on any atom is -0.486 e. The molecule has 1 saturated carbocycles. The first-order chi connectivity index (χ1) is 12.3. The van der Waals surface area contributed by atoms with E-state index in [1.165, 1.54) is 37.4 Å². The maximum Gasteiger partial charge on any atom is 0.234 e. The third kappa shape index (κ3) is 3.76. The molecule has 2 aliphatic rings. The molecule has 1 aromatic carbocycles. The largest absolute Gasteiger partial charge is 0.486 e. The van der Waals surface area contributed by atoms with Crippen LogP contribution in [0.3, 0.4) is 0 Å². The number of aromatic nitrogens is 2. The van der Waals surface area contributed by atoms with Crippen molar-refractivity contribution >= 4 is 23.4 Å². The Balaban J connectivity index is 1.34. The van der Waals surface area contributed by atoms with Crippen molar-refractivity contribution in [3.05, 3.63) is 30.6 Å². The molecule has 2 heterocycles. The fourth-order valence-corrected chi connectivity index (χ4v) is 4.15. The van der Waals surface area contributed by atoms with E-state index >= 15 is 0 Å². The van der Waals surface area contributed by atoms with E-state index in [1.54, 1.807) is 6.07 Å². The number of hydrogen-bond acceptors (Lipinski definition) is 5. The predicted molar refractivity (Wildman–Crippen MR) is 96.5 cm³/mol. The zero-order chi connectivity index (χ0) is 17.1. The zero-order valence-electron chi connectivity index (χ0n) is 13.9. The van der Waals surface area contributed by atoms with Crippen molar-refractivity contribution in [3.8, 4) is 11.5 Å².